The van der Waals surface area contributed by atoms with Gasteiger partial charge < -0.3 is 5.11 Å². The van der Waals surface area contributed by atoms with Crippen LogP contribution in [0.15, 0.2) is 17.0 Å². The molecule has 134 valence electrons. The molecular formula is C19H29NO3S. The molecule has 1 aromatic rings. The molecule has 0 saturated carbocycles. The molecule has 1 aromatic carbocycles. The second-order valence-electron chi connectivity index (χ2n) is 8.65. The van der Waals surface area contributed by atoms with Crippen LogP contribution in [0.2, 0.25) is 0 Å². The maximum absolute atomic E-state index is 12.3. The van der Waals surface area contributed by atoms with Crippen LogP contribution in [0.3, 0.4) is 0 Å². The van der Waals surface area contributed by atoms with Gasteiger partial charge in [-0.2, -0.15) is 0 Å². The minimum atomic E-state index is -3.34. The molecule has 24 heavy (non-hydrogen) atoms. The van der Waals surface area contributed by atoms with Crippen molar-refractivity contribution in [3.05, 3.63) is 33.7 Å². The van der Waals surface area contributed by atoms with Gasteiger partial charge in [-0.15, -0.1) is 0 Å². The zero-order valence-corrected chi connectivity index (χ0v) is 16.6. The summed E-state index contributed by atoms with van der Waals surface area (Å²) < 4.78 is 26.1. The van der Waals surface area contributed by atoms with E-state index in [1.54, 1.807) is 13.1 Å². The second kappa shape index (κ2) is 5.88. The Kier molecular flexibility index (Phi) is 4.66. The zero-order chi connectivity index (χ0) is 18.5. The molecule has 1 aliphatic heterocycles. The predicted octanol–water partition coefficient (Wildman–Crippen LogP) is 3.99. The molecule has 0 aliphatic carbocycles. The van der Waals surface area contributed by atoms with Gasteiger partial charge in [0.25, 0.3) is 0 Å². The van der Waals surface area contributed by atoms with E-state index in [1.165, 1.54) is 4.31 Å². The lowest BCUT2D eigenvalue weighted by Crippen LogP contribution is -2.19. The first-order valence-electron chi connectivity index (χ1n) is 8.29. The quantitative estimate of drug-likeness (QED) is 0.832. The maximum atomic E-state index is 12.3. The summed E-state index contributed by atoms with van der Waals surface area (Å²) in [5, 5.41) is 10.7. The molecule has 2 rings (SSSR count). The van der Waals surface area contributed by atoms with Gasteiger partial charge in [-0.3, -0.25) is 0 Å². The zero-order valence-electron chi connectivity index (χ0n) is 15.8. The fourth-order valence-electron chi connectivity index (χ4n) is 2.93. The minimum Gasteiger partial charge on any atom is -0.507 e. The van der Waals surface area contributed by atoms with Gasteiger partial charge in [0.2, 0.25) is 10.0 Å². The fraction of sp³-hybridized carbons (Fsp3) is 0.579. The molecule has 0 radical (unpaired) electrons. The molecule has 0 spiro atoms. The van der Waals surface area contributed by atoms with Crippen molar-refractivity contribution >= 4 is 16.1 Å². The number of phenolic OH excluding ortho intramolecular Hbond substituents is 1. The van der Waals surface area contributed by atoms with Crippen molar-refractivity contribution < 1.29 is 13.5 Å². The van der Waals surface area contributed by atoms with Gasteiger partial charge in [-0.05, 0) is 41.0 Å². The molecule has 0 atom stereocenters. The summed E-state index contributed by atoms with van der Waals surface area (Å²) in [6.45, 7) is 12.8. The van der Waals surface area contributed by atoms with Gasteiger partial charge in [0, 0.05) is 24.7 Å². The Balaban J connectivity index is 2.69. The Morgan fingerprint density at radius 1 is 1.04 bits per heavy atom. The largest absolute Gasteiger partial charge is 0.507 e. The third kappa shape index (κ3) is 3.52. The normalized spacial score (nSPS) is 20.7. The van der Waals surface area contributed by atoms with Crippen LogP contribution in [0.25, 0.3) is 6.08 Å². The first kappa shape index (κ1) is 19.0. The molecule has 0 bridgehead atoms. The van der Waals surface area contributed by atoms with Crippen LogP contribution < -0.4 is 0 Å². The topological polar surface area (TPSA) is 57.6 Å². The van der Waals surface area contributed by atoms with E-state index in [9.17, 15) is 13.5 Å². The van der Waals surface area contributed by atoms with E-state index >= 15 is 0 Å². The SMILES string of the molecule is CN1CC/C(=C/c2cc(C(C)(C)C)c(O)c(C(C)(C)C)c2)S1(=O)=O. The van der Waals surface area contributed by atoms with Crippen molar-refractivity contribution in [2.75, 3.05) is 13.6 Å². The van der Waals surface area contributed by atoms with Crippen LogP contribution in [0.4, 0.5) is 0 Å². The first-order valence-corrected chi connectivity index (χ1v) is 9.73. The number of phenols is 1. The number of hydrogen-bond acceptors (Lipinski definition) is 3. The van der Waals surface area contributed by atoms with Crippen LogP contribution in [0.1, 0.15) is 64.7 Å². The fourth-order valence-corrected chi connectivity index (χ4v) is 4.30. The van der Waals surface area contributed by atoms with Crippen molar-refractivity contribution in [1.29, 1.82) is 0 Å². The third-order valence-corrected chi connectivity index (χ3v) is 6.48. The summed E-state index contributed by atoms with van der Waals surface area (Å²) >= 11 is 0. The molecule has 1 saturated heterocycles. The monoisotopic (exact) mass is 351 g/mol. The highest BCUT2D eigenvalue weighted by molar-refractivity contribution is 7.93. The highest BCUT2D eigenvalue weighted by atomic mass is 32.2. The van der Waals surface area contributed by atoms with Crippen LogP contribution >= 0.6 is 0 Å². The average molecular weight is 352 g/mol. The number of benzene rings is 1. The Hall–Kier alpha value is -1.33. The van der Waals surface area contributed by atoms with E-state index in [0.717, 1.165) is 16.7 Å². The standard InChI is InChI=1S/C19H29NO3S/c1-18(2,3)15-11-13(12-16(17(15)21)19(4,5)6)10-14-8-9-20(7)24(14,22)23/h10-12,21H,8-9H2,1-7H3/b14-10-. The maximum Gasteiger partial charge on any atom is 0.239 e. The van der Waals surface area contributed by atoms with E-state index in [0.29, 0.717) is 23.6 Å². The lowest BCUT2D eigenvalue weighted by atomic mass is 9.78. The van der Waals surface area contributed by atoms with Gasteiger partial charge in [0.05, 0.1) is 4.91 Å². The molecule has 1 heterocycles. The highest BCUT2D eigenvalue weighted by Crippen LogP contribution is 2.40. The predicted molar refractivity (Wildman–Crippen MR) is 99.7 cm³/mol. The molecule has 4 nitrogen and oxygen atoms in total. The smallest absolute Gasteiger partial charge is 0.239 e. The van der Waals surface area contributed by atoms with Crippen LogP contribution in [0, 0.1) is 0 Å². The summed E-state index contributed by atoms with van der Waals surface area (Å²) in [7, 11) is -1.73. The second-order valence-corrected chi connectivity index (χ2v) is 10.7. The van der Waals surface area contributed by atoms with Crippen molar-refractivity contribution in [2.24, 2.45) is 0 Å². The number of aromatic hydroxyl groups is 1. The van der Waals surface area contributed by atoms with E-state index in [-0.39, 0.29) is 10.8 Å². The molecule has 0 aromatic heterocycles. The van der Waals surface area contributed by atoms with Gasteiger partial charge in [-0.25, -0.2) is 12.7 Å². The Morgan fingerprint density at radius 2 is 1.50 bits per heavy atom. The van der Waals surface area contributed by atoms with E-state index in [2.05, 4.69) is 0 Å². The molecular weight excluding hydrogens is 322 g/mol. The molecule has 1 N–H and O–H groups in total. The minimum absolute atomic E-state index is 0.232. The lowest BCUT2D eigenvalue weighted by molar-refractivity contribution is 0.423. The first-order chi connectivity index (χ1) is 10.7. The lowest BCUT2D eigenvalue weighted by Gasteiger charge is -2.28. The van der Waals surface area contributed by atoms with Crippen molar-refractivity contribution in [3.8, 4) is 5.75 Å². The Morgan fingerprint density at radius 3 is 1.83 bits per heavy atom. The van der Waals surface area contributed by atoms with Gasteiger partial charge in [0.1, 0.15) is 5.75 Å². The summed E-state index contributed by atoms with van der Waals surface area (Å²) in [6, 6.07) is 3.82. The van der Waals surface area contributed by atoms with Gasteiger partial charge in [0.15, 0.2) is 0 Å². The van der Waals surface area contributed by atoms with Crippen molar-refractivity contribution in [3.63, 3.8) is 0 Å². The Bertz CT molecular complexity index is 743. The number of sulfonamides is 1. The van der Waals surface area contributed by atoms with Crippen LogP contribution in [0.5, 0.6) is 5.75 Å². The van der Waals surface area contributed by atoms with Crippen molar-refractivity contribution in [2.45, 2.75) is 58.8 Å². The molecule has 0 unspecified atom stereocenters. The third-order valence-electron chi connectivity index (χ3n) is 4.49. The summed E-state index contributed by atoms with van der Waals surface area (Å²) in [6.07, 6.45) is 2.28. The summed E-state index contributed by atoms with van der Waals surface area (Å²) in [5.41, 5.74) is 2.04. The number of rotatable bonds is 1. The van der Waals surface area contributed by atoms with Gasteiger partial charge >= 0.3 is 0 Å². The summed E-state index contributed by atoms with van der Waals surface area (Å²) in [4.78, 5) is 0.440. The van der Waals surface area contributed by atoms with Crippen LogP contribution in [-0.4, -0.2) is 31.4 Å². The average Bonchev–Trinajstić information content (AvgIpc) is 2.64. The molecule has 0 amide bonds. The number of hydrogen-bond donors (Lipinski definition) is 1. The van der Waals surface area contributed by atoms with Crippen molar-refractivity contribution in [1.82, 2.24) is 4.31 Å². The summed E-state index contributed by atoms with van der Waals surface area (Å²) in [5.74, 6) is 0.309. The van der Waals surface area contributed by atoms with E-state index in [4.69, 9.17) is 0 Å². The molecule has 1 aliphatic rings. The van der Waals surface area contributed by atoms with E-state index in [1.807, 2.05) is 53.7 Å². The molecule has 1 fully saturated rings. The molecule has 5 heteroatoms. The van der Waals surface area contributed by atoms with Crippen LogP contribution in [-0.2, 0) is 20.9 Å². The highest BCUT2D eigenvalue weighted by Gasteiger charge is 2.31. The number of nitrogens with zero attached hydrogens (tertiary/aromatic N) is 1. The van der Waals surface area contributed by atoms with E-state index < -0.39 is 10.0 Å². The van der Waals surface area contributed by atoms with Gasteiger partial charge in [-0.1, -0.05) is 41.5 Å². The Labute approximate surface area is 146 Å².